The normalized spacial score (nSPS) is 29.9. The molecule has 0 N–H and O–H groups in total. The first-order chi connectivity index (χ1) is 5.31. The molecule has 2 fully saturated rings. The summed E-state index contributed by atoms with van der Waals surface area (Å²) in [4.78, 5) is 12.6. The van der Waals surface area contributed by atoms with Crippen LogP contribution in [0.5, 0.6) is 0 Å². The molecule has 1 atom stereocenters. The van der Waals surface area contributed by atoms with Gasteiger partial charge in [0.2, 0.25) is 6.10 Å². The van der Waals surface area contributed by atoms with Gasteiger partial charge in [0.1, 0.15) is 6.07 Å². The SMILES string of the molecule is N#CC1CN(C2CC2)C(=O)O1. The zero-order valence-electron chi connectivity index (χ0n) is 5.99. The van der Waals surface area contributed by atoms with Crippen molar-refractivity contribution in [3.63, 3.8) is 0 Å². The third-order valence-electron chi connectivity index (χ3n) is 1.97. The summed E-state index contributed by atoms with van der Waals surface area (Å²) in [5.74, 6) is 0. The van der Waals surface area contributed by atoms with Crippen molar-refractivity contribution >= 4 is 6.09 Å². The molecule has 0 aromatic heterocycles. The number of cyclic esters (lactones) is 1. The van der Waals surface area contributed by atoms with Crippen LogP contribution >= 0.6 is 0 Å². The first-order valence-corrected chi connectivity index (χ1v) is 3.68. The number of hydrogen-bond donors (Lipinski definition) is 0. The molecular formula is C7H8N2O2. The predicted octanol–water partition coefficient (Wildman–Crippen LogP) is 0.493. The Hall–Kier alpha value is -1.24. The first kappa shape index (κ1) is 6.47. The number of ether oxygens (including phenoxy) is 1. The summed E-state index contributed by atoms with van der Waals surface area (Å²) in [5, 5.41) is 8.45. The molecule has 4 nitrogen and oxygen atoms in total. The van der Waals surface area contributed by atoms with Gasteiger partial charge < -0.3 is 9.64 Å². The number of amides is 1. The highest BCUT2D eigenvalue weighted by atomic mass is 16.6. The highest BCUT2D eigenvalue weighted by Gasteiger charge is 2.40. The van der Waals surface area contributed by atoms with Crippen LogP contribution in [0.3, 0.4) is 0 Å². The molecule has 1 saturated heterocycles. The van der Waals surface area contributed by atoms with E-state index in [9.17, 15) is 4.79 Å². The number of rotatable bonds is 1. The van der Waals surface area contributed by atoms with Gasteiger partial charge in [-0.25, -0.2) is 4.79 Å². The molecule has 2 aliphatic rings. The molecule has 0 radical (unpaired) electrons. The molecule has 58 valence electrons. The molecule has 1 saturated carbocycles. The van der Waals surface area contributed by atoms with Crippen molar-refractivity contribution in [3.05, 3.63) is 0 Å². The second kappa shape index (κ2) is 2.12. The smallest absolute Gasteiger partial charge is 0.411 e. The van der Waals surface area contributed by atoms with Gasteiger partial charge in [-0.05, 0) is 12.8 Å². The summed E-state index contributed by atoms with van der Waals surface area (Å²) in [6.45, 7) is 0.458. The summed E-state index contributed by atoms with van der Waals surface area (Å²) >= 11 is 0. The lowest BCUT2D eigenvalue weighted by atomic mass is 10.4. The van der Waals surface area contributed by atoms with E-state index in [-0.39, 0.29) is 6.09 Å². The van der Waals surface area contributed by atoms with E-state index in [1.54, 1.807) is 4.90 Å². The fourth-order valence-corrected chi connectivity index (χ4v) is 1.23. The Morgan fingerprint density at radius 3 is 2.82 bits per heavy atom. The Morgan fingerprint density at radius 2 is 2.36 bits per heavy atom. The Labute approximate surface area is 64.3 Å². The second-order valence-electron chi connectivity index (χ2n) is 2.89. The summed E-state index contributed by atoms with van der Waals surface area (Å²) in [5.41, 5.74) is 0. The Balaban J connectivity index is 2.02. The molecule has 4 heteroatoms. The zero-order chi connectivity index (χ0) is 7.84. The molecule has 0 aromatic carbocycles. The Kier molecular flexibility index (Phi) is 1.25. The zero-order valence-corrected chi connectivity index (χ0v) is 5.99. The topological polar surface area (TPSA) is 53.3 Å². The minimum atomic E-state index is -0.539. The predicted molar refractivity (Wildman–Crippen MR) is 35.6 cm³/mol. The third kappa shape index (κ3) is 1.03. The van der Waals surface area contributed by atoms with Crippen LogP contribution < -0.4 is 0 Å². The highest BCUT2D eigenvalue weighted by molar-refractivity contribution is 5.71. The third-order valence-corrected chi connectivity index (χ3v) is 1.97. The van der Waals surface area contributed by atoms with Gasteiger partial charge in [0.15, 0.2) is 0 Å². The summed E-state index contributed by atoms with van der Waals surface area (Å²) in [6, 6.07) is 2.28. The number of nitrogens with zero attached hydrogens (tertiary/aromatic N) is 2. The van der Waals surface area contributed by atoms with Crippen LogP contribution in [0.25, 0.3) is 0 Å². The maximum Gasteiger partial charge on any atom is 0.411 e. The van der Waals surface area contributed by atoms with Crippen LogP contribution in [-0.2, 0) is 4.74 Å². The van der Waals surface area contributed by atoms with Gasteiger partial charge in [-0.15, -0.1) is 0 Å². The maximum absolute atomic E-state index is 11.0. The molecule has 0 spiro atoms. The summed E-state index contributed by atoms with van der Waals surface area (Å²) in [6.07, 6.45) is 1.27. The van der Waals surface area contributed by atoms with Gasteiger partial charge in [0.25, 0.3) is 0 Å². The van der Waals surface area contributed by atoms with Crippen molar-refractivity contribution in [2.24, 2.45) is 0 Å². The molecule has 1 unspecified atom stereocenters. The van der Waals surface area contributed by atoms with Crippen molar-refractivity contribution in [2.75, 3.05) is 6.54 Å². The molecule has 11 heavy (non-hydrogen) atoms. The van der Waals surface area contributed by atoms with Gasteiger partial charge in [-0.1, -0.05) is 0 Å². The minimum absolute atomic E-state index is 0.320. The lowest BCUT2D eigenvalue weighted by Crippen LogP contribution is -2.27. The standard InChI is InChI=1S/C7H8N2O2/c8-3-6-4-9(5-1-2-5)7(10)11-6/h5-6H,1-2,4H2. The van der Waals surface area contributed by atoms with Gasteiger partial charge in [0, 0.05) is 6.04 Å². The monoisotopic (exact) mass is 152 g/mol. The van der Waals surface area contributed by atoms with E-state index >= 15 is 0 Å². The fourth-order valence-electron chi connectivity index (χ4n) is 1.23. The molecule has 0 aromatic rings. The molecule has 1 heterocycles. The average Bonchev–Trinajstić information content (AvgIpc) is 2.76. The van der Waals surface area contributed by atoms with Crippen LogP contribution in [-0.4, -0.2) is 29.7 Å². The van der Waals surface area contributed by atoms with Crippen LogP contribution in [0.4, 0.5) is 4.79 Å². The van der Waals surface area contributed by atoms with E-state index in [1.807, 2.05) is 6.07 Å². The maximum atomic E-state index is 11.0. The van der Waals surface area contributed by atoms with E-state index < -0.39 is 6.10 Å². The minimum Gasteiger partial charge on any atom is -0.429 e. The van der Waals surface area contributed by atoms with Crippen LogP contribution in [0.15, 0.2) is 0 Å². The van der Waals surface area contributed by atoms with Crippen molar-refractivity contribution in [1.29, 1.82) is 5.26 Å². The Bertz CT molecular complexity index is 229. The van der Waals surface area contributed by atoms with Gasteiger partial charge in [-0.3, -0.25) is 0 Å². The molecule has 1 amide bonds. The summed E-state index contributed by atoms with van der Waals surface area (Å²) in [7, 11) is 0. The van der Waals surface area contributed by atoms with E-state index in [4.69, 9.17) is 10.00 Å². The van der Waals surface area contributed by atoms with Crippen molar-refractivity contribution < 1.29 is 9.53 Å². The van der Waals surface area contributed by atoms with Crippen molar-refractivity contribution in [2.45, 2.75) is 25.0 Å². The first-order valence-electron chi connectivity index (χ1n) is 3.68. The van der Waals surface area contributed by atoms with Gasteiger partial charge in [0.05, 0.1) is 6.54 Å². The number of hydrogen-bond acceptors (Lipinski definition) is 3. The fraction of sp³-hybridized carbons (Fsp3) is 0.714. The quantitative estimate of drug-likeness (QED) is 0.549. The number of carbonyl (C=O) groups is 1. The molecular weight excluding hydrogens is 144 g/mol. The number of carbonyl (C=O) groups excluding carboxylic acids is 1. The van der Waals surface area contributed by atoms with Crippen LogP contribution in [0, 0.1) is 11.3 Å². The van der Waals surface area contributed by atoms with Crippen LogP contribution in [0.2, 0.25) is 0 Å². The van der Waals surface area contributed by atoms with Crippen LogP contribution in [0.1, 0.15) is 12.8 Å². The molecule has 1 aliphatic heterocycles. The van der Waals surface area contributed by atoms with Crippen molar-refractivity contribution in [3.8, 4) is 6.07 Å². The number of nitriles is 1. The lowest BCUT2D eigenvalue weighted by molar-refractivity contribution is 0.146. The Morgan fingerprint density at radius 1 is 1.64 bits per heavy atom. The highest BCUT2D eigenvalue weighted by Crippen LogP contribution is 2.30. The average molecular weight is 152 g/mol. The van der Waals surface area contributed by atoms with Gasteiger partial charge in [-0.2, -0.15) is 5.26 Å². The lowest BCUT2D eigenvalue weighted by Gasteiger charge is -2.08. The second-order valence-corrected chi connectivity index (χ2v) is 2.89. The molecule has 0 bridgehead atoms. The van der Waals surface area contributed by atoms with Gasteiger partial charge >= 0.3 is 6.09 Å². The largest absolute Gasteiger partial charge is 0.429 e. The van der Waals surface area contributed by atoms with E-state index in [0.717, 1.165) is 12.8 Å². The van der Waals surface area contributed by atoms with Crippen molar-refractivity contribution in [1.82, 2.24) is 4.90 Å². The van der Waals surface area contributed by atoms with E-state index in [1.165, 1.54) is 0 Å². The van der Waals surface area contributed by atoms with E-state index in [0.29, 0.717) is 12.6 Å². The van der Waals surface area contributed by atoms with E-state index in [2.05, 4.69) is 0 Å². The summed E-state index contributed by atoms with van der Waals surface area (Å²) < 4.78 is 4.75. The molecule has 1 aliphatic carbocycles. The molecule has 2 rings (SSSR count).